The normalized spacial score (nSPS) is 16.6. The van der Waals surface area contributed by atoms with Gasteiger partial charge in [0, 0.05) is 3.57 Å². The number of halogens is 1. The number of benzene rings is 1. The molecule has 0 saturated heterocycles. The summed E-state index contributed by atoms with van der Waals surface area (Å²) in [5.74, 6) is 0.426. The number of nitriles is 1. The van der Waals surface area contributed by atoms with Gasteiger partial charge in [-0.15, -0.1) is 0 Å². The molecule has 5 heteroatoms. The van der Waals surface area contributed by atoms with Crippen LogP contribution in [0, 0.1) is 14.9 Å². The second-order valence-corrected chi connectivity index (χ2v) is 5.94. The zero-order valence-corrected chi connectivity index (χ0v) is 12.6. The average Bonchev–Trinajstić information content (AvgIpc) is 2.87. The second kappa shape index (κ2) is 6.24. The van der Waals surface area contributed by atoms with Crippen LogP contribution in [0.4, 0.5) is 0 Å². The topological polar surface area (TPSA) is 62.1 Å². The minimum atomic E-state index is -0.674. The lowest BCUT2D eigenvalue weighted by molar-refractivity contribution is -0.124. The van der Waals surface area contributed by atoms with Gasteiger partial charge in [-0.1, -0.05) is 0 Å². The van der Waals surface area contributed by atoms with Gasteiger partial charge in [-0.05, 0) is 72.5 Å². The van der Waals surface area contributed by atoms with E-state index in [1.165, 1.54) is 0 Å². The molecule has 1 saturated carbocycles. The molecular weight excluding hydrogens is 355 g/mol. The maximum absolute atomic E-state index is 11.8. The first-order valence-corrected chi connectivity index (χ1v) is 7.32. The van der Waals surface area contributed by atoms with Gasteiger partial charge in [-0.3, -0.25) is 4.79 Å². The Morgan fingerprint density at radius 1 is 1.37 bits per heavy atom. The van der Waals surface area contributed by atoms with Gasteiger partial charge in [-0.2, -0.15) is 5.26 Å². The standard InChI is InChI=1S/C14H15IN2O2/c15-11-3-5-12(6-4-11)19-9-13(18)17-14(10-16)7-1-2-8-14/h3-6H,1-2,7-9H2,(H,17,18). The molecule has 4 nitrogen and oxygen atoms in total. The molecule has 2 rings (SSSR count). The molecular formula is C14H15IN2O2. The number of amides is 1. The molecule has 0 spiro atoms. The molecule has 0 radical (unpaired) electrons. The minimum absolute atomic E-state index is 0.0516. The van der Waals surface area contributed by atoms with E-state index in [1.54, 1.807) is 0 Å². The Labute approximate surface area is 126 Å². The lowest BCUT2D eigenvalue weighted by Crippen LogP contribution is -2.47. The van der Waals surface area contributed by atoms with Crippen LogP contribution in [0.1, 0.15) is 25.7 Å². The first-order chi connectivity index (χ1) is 9.13. The fraction of sp³-hybridized carbons (Fsp3) is 0.429. The molecule has 1 fully saturated rings. The van der Waals surface area contributed by atoms with Crippen LogP contribution in [0.5, 0.6) is 5.75 Å². The molecule has 0 aliphatic heterocycles. The summed E-state index contributed by atoms with van der Waals surface area (Å²) in [7, 11) is 0. The van der Waals surface area contributed by atoms with E-state index >= 15 is 0 Å². The van der Waals surface area contributed by atoms with Crippen LogP contribution in [-0.2, 0) is 4.79 Å². The van der Waals surface area contributed by atoms with E-state index in [2.05, 4.69) is 34.0 Å². The molecule has 0 atom stereocenters. The van der Waals surface area contributed by atoms with Gasteiger partial charge in [0.15, 0.2) is 6.61 Å². The highest BCUT2D eigenvalue weighted by Gasteiger charge is 2.35. The van der Waals surface area contributed by atoms with Crippen molar-refractivity contribution in [3.63, 3.8) is 0 Å². The van der Waals surface area contributed by atoms with Crippen molar-refractivity contribution in [2.75, 3.05) is 6.61 Å². The SMILES string of the molecule is N#CC1(NC(=O)COc2ccc(I)cc2)CCCC1. The molecule has 100 valence electrons. The van der Waals surface area contributed by atoms with Gasteiger partial charge in [0.25, 0.3) is 5.91 Å². The van der Waals surface area contributed by atoms with Crippen LogP contribution in [-0.4, -0.2) is 18.1 Å². The smallest absolute Gasteiger partial charge is 0.259 e. The highest BCUT2D eigenvalue weighted by atomic mass is 127. The molecule has 1 amide bonds. The van der Waals surface area contributed by atoms with Gasteiger partial charge in [0.1, 0.15) is 11.3 Å². The molecule has 19 heavy (non-hydrogen) atoms. The van der Waals surface area contributed by atoms with Crippen molar-refractivity contribution < 1.29 is 9.53 Å². The van der Waals surface area contributed by atoms with Gasteiger partial charge in [0.05, 0.1) is 6.07 Å². The van der Waals surface area contributed by atoms with Crippen molar-refractivity contribution in [2.24, 2.45) is 0 Å². The van der Waals surface area contributed by atoms with Crippen LogP contribution in [0.3, 0.4) is 0 Å². The number of hydrogen-bond acceptors (Lipinski definition) is 3. The lowest BCUT2D eigenvalue weighted by Gasteiger charge is -2.21. The van der Waals surface area contributed by atoms with Crippen molar-refractivity contribution >= 4 is 28.5 Å². The van der Waals surface area contributed by atoms with E-state index in [0.29, 0.717) is 5.75 Å². The van der Waals surface area contributed by atoms with Crippen molar-refractivity contribution in [2.45, 2.75) is 31.2 Å². The maximum atomic E-state index is 11.8. The largest absolute Gasteiger partial charge is 0.484 e. The van der Waals surface area contributed by atoms with Crippen LogP contribution in [0.25, 0.3) is 0 Å². The van der Waals surface area contributed by atoms with Crippen LogP contribution in [0.15, 0.2) is 24.3 Å². The third kappa shape index (κ3) is 3.83. The molecule has 1 aliphatic carbocycles. The van der Waals surface area contributed by atoms with Crippen LogP contribution >= 0.6 is 22.6 Å². The Hall–Kier alpha value is -1.29. The summed E-state index contributed by atoms with van der Waals surface area (Å²) in [6.07, 6.45) is 3.45. The van der Waals surface area contributed by atoms with E-state index in [0.717, 1.165) is 29.3 Å². The highest BCUT2D eigenvalue weighted by Crippen LogP contribution is 2.28. The summed E-state index contributed by atoms with van der Waals surface area (Å²) in [6.45, 7) is -0.0516. The molecule has 0 unspecified atom stereocenters. The van der Waals surface area contributed by atoms with Gasteiger partial charge in [-0.25, -0.2) is 0 Å². The predicted molar refractivity (Wildman–Crippen MR) is 79.6 cm³/mol. The maximum Gasteiger partial charge on any atom is 0.259 e. The number of ether oxygens (including phenoxy) is 1. The number of hydrogen-bond donors (Lipinski definition) is 1. The zero-order chi connectivity index (χ0) is 13.7. The molecule has 1 aliphatic rings. The average molecular weight is 370 g/mol. The van der Waals surface area contributed by atoms with Gasteiger partial charge in [0.2, 0.25) is 0 Å². The van der Waals surface area contributed by atoms with Crippen molar-refractivity contribution in [3.8, 4) is 11.8 Å². The fourth-order valence-corrected chi connectivity index (χ4v) is 2.59. The summed E-state index contributed by atoms with van der Waals surface area (Å²) in [5, 5.41) is 12.0. The lowest BCUT2D eigenvalue weighted by atomic mass is 10.00. The van der Waals surface area contributed by atoms with E-state index in [1.807, 2.05) is 24.3 Å². The predicted octanol–water partition coefficient (Wildman–Crippen LogP) is 2.62. The van der Waals surface area contributed by atoms with Crippen LogP contribution in [0.2, 0.25) is 0 Å². The Morgan fingerprint density at radius 3 is 2.58 bits per heavy atom. The quantitative estimate of drug-likeness (QED) is 0.829. The summed E-state index contributed by atoms with van der Waals surface area (Å²) in [6, 6.07) is 9.71. The molecule has 0 heterocycles. The van der Waals surface area contributed by atoms with Crippen molar-refractivity contribution in [3.05, 3.63) is 27.8 Å². The monoisotopic (exact) mass is 370 g/mol. The molecule has 0 aromatic heterocycles. The number of carbonyl (C=O) groups excluding carboxylic acids is 1. The summed E-state index contributed by atoms with van der Waals surface area (Å²) in [5.41, 5.74) is -0.674. The van der Waals surface area contributed by atoms with E-state index in [4.69, 9.17) is 4.74 Å². The number of carbonyl (C=O) groups is 1. The first-order valence-electron chi connectivity index (χ1n) is 6.24. The summed E-state index contributed by atoms with van der Waals surface area (Å²) < 4.78 is 6.51. The molecule has 1 aromatic carbocycles. The van der Waals surface area contributed by atoms with Gasteiger partial charge < -0.3 is 10.1 Å². The molecule has 0 bridgehead atoms. The third-order valence-electron chi connectivity index (χ3n) is 3.23. The van der Waals surface area contributed by atoms with E-state index in [-0.39, 0.29) is 12.5 Å². The number of nitrogens with one attached hydrogen (secondary N) is 1. The van der Waals surface area contributed by atoms with E-state index < -0.39 is 5.54 Å². The van der Waals surface area contributed by atoms with Crippen molar-refractivity contribution in [1.82, 2.24) is 5.32 Å². The third-order valence-corrected chi connectivity index (χ3v) is 3.95. The zero-order valence-electron chi connectivity index (χ0n) is 10.5. The van der Waals surface area contributed by atoms with Gasteiger partial charge >= 0.3 is 0 Å². The molecule has 1 N–H and O–H groups in total. The first kappa shape index (κ1) is 14.1. The van der Waals surface area contributed by atoms with Crippen molar-refractivity contribution in [1.29, 1.82) is 5.26 Å². The number of nitrogens with zero attached hydrogens (tertiary/aromatic N) is 1. The van der Waals surface area contributed by atoms with Crippen LogP contribution < -0.4 is 10.1 Å². The summed E-state index contributed by atoms with van der Waals surface area (Å²) >= 11 is 2.21. The Balaban J connectivity index is 1.85. The number of rotatable bonds is 4. The highest BCUT2D eigenvalue weighted by molar-refractivity contribution is 14.1. The molecule has 1 aromatic rings. The second-order valence-electron chi connectivity index (χ2n) is 4.69. The van der Waals surface area contributed by atoms with E-state index in [9.17, 15) is 10.1 Å². The Morgan fingerprint density at radius 2 is 2.00 bits per heavy atom. The summed E-state index contributed by atoms with van der Waals surface area (Å²) in [4.78, 5) is 11.8. The Bertz CT molecular complexity index is 487. The minimum Gasteiger partial charge on any atom is -0.484 e. The Kier molecular flexibility index (Phi) is 4.64. The fourth-order valence-electron chi connectivity index (χ4n) is 2.23.